The molecule has 0 spiro atoms. The van der Waals surface area contributed by atoms with Gasteiger partial charge in [-0.05, 0) is 42.8 Å². The molecule has 1 aliphatic rings. The predicted octanol–water partition coefficient (Wildman–Crippen LogP) is 3.96. The van der Waals surface area contributed by atoms with Crippen molar-refractivity contribution >= 4 is 28.9 Å². The van der Waals surface area contributed by atoms with Gasteiger partial charge in [-0.1, -0.05) is 43.0 Å². The Kier molecular flexibility index (Phi) is 5.74. The van der Waals surface area contributed by atoms with Gasteiger partial charge in [0, 0.05) is 30.5 Å². The number of hydrogen-bond donors (Lipinski definition) is 2. The Balaban J connectivity index is 1.76. The molecule has 0 aliphatic heterocycles. The van der Waals surface area contributed by atoms with Crippen molar-refractivity contribution in [3.63, 3.8) is 0 Å². The van der Waals surface area contributed by atoms with Gasteiger partial charge in [-0.25, -0.2) is 4.98 Å². The minimum atomic E-state index is -0.106. The van der Waals surface area contributed by atoms with Crippen LogP contribution in [0.3, 0.4) is 0 Å². The molecule has 6 heteroatoms. The first-order chi connectivity index (χ1) is 11.6. The second-order valence-electron chi connectivity index (χ2n) is 6.33. The molecule has 2 N–H and O–H groups in total. The highest BCUT2D eigenvalue weighted by atomic mass is 35.5. The average Bonchev–Trinajstić information content (AvgIpc) is 3.00. The number of nitrogens with zero attached hydrogens (tertiary/aromatic N) is 2. The summed E-state index contributed by atoms with van der Waals surface area (Å²) >= 11 is 11.6. The fraction of sp³-hybridized carbons (Fsp3) is 0.444. The van der Waals surface area contributed by atoms with Crippen LogP contribution >= 0.6 is 23.8 Å². The Labute approximate surface area is 153 Å². The average molecular weight is 363 g/mol. The van der Waals surface area contributed by atoms with Gasteiger partial charge in [0.05, 0.1) is 0 Å². The van der Waals surface area contributed by atoms with Gasteiger partial charge in [-0.15, -0.1) is 0 Å². The van der Waals surface area contributed by atoms with E-state index in [1.54, 1.807) is 6.20 Å². The Hall–Kier alpha value is -1.59. The maximum absolute atomic E-state index is 6.03. The van der Waals surface area contributed by atoms with Gasteiger partial charge >= 0.3 is 0 Å². The van der Waals surface area contributed by atoms with Crippen LogP contribution in [0.1, 0.15) is 49.5 Å². The highest BCUT2D eigenvalue weighted by Gasteiger charge is 2.21. The summed E-state index contributed by atoms with van der Waals surface area (Å²) in [4.78, 5) is 4.49. The van der Waals surface area contributed by atoms with E-state index in [2.05, 4.69) is 15.6 Å². The van der Waals surface area contributed by atoms with Gasteiger partial charge in [0.2, 0.25) is 0 Å². The quantitative estimate of drug-likeness (QED) is 0.808. The van der Waals surface area contributed by atoms with E-state index in [-0.39, 0.29) is 6.04 Å². The van der Waals surface area contributed by atoms with Crippen molar-refractivity contribution in [2.45, 2.75) is 44.2 Å². The van der Waals surface area contributed by atoms with Crippen LogP contribution in [-0.4, -0.2) is 20.7 Å². The van der Waals surface area contributed by atoms with Gasteiger partial charge < -0.3 is 15.2 Å². The zero-order valence-corrected chi connectivity index (χ0v) is 15.4. The second kappa shape index (κ2) is 7.99. The van der Waals surface area contributed by atoms with Gasteiger partial charge in [0.25, 0.3) is 0 Å². The first-order valence-corrected chi connectivity index (χ1v) is 9.22. The van der Waals surface area contributed by atoms with Gasteiger partial charge in [0.1, 0.15) is 11.9 Å². The van der Waals surface area contributed by atoms with E-state index < -0.39 is 0 Å². The van der Waals surface area contributed by atoms with E-state index in [0.717, 1.165) is 16.4 Å². The molecule has 24 heavy (non-hydrogen) atoms. The summed E-state index contributed by atoms with van der Waals surface area (Å²) < 4.78 is 2.01. The zero-order valence-electron chi connectivity index (χ0n) is 13.8. The molecular weight excluding hydrogens is 340 g/mol. The summed E-state index contributed by atoms with van der Waals surface area (Å²) in [6.45, 7) is 0. The highest BCUT2D eigenvalue weighted by Crippen LogP contribution is 2.23. The number of imidazole rings is 1. The van der Waals surface area contributed by atoms with Crippen LogP contribution < -0.4 is 10.6 Å². The maximum Gasteiger partial charge on any atom is 0.167 e. The third kappa shape index (κ3) is 4.28. The van der Waals surface area contributed by atoms with E-state index in [1.807, 2.05) is 42.1 Å². The number of benzene rings is 1. The molecule has 1 aromatic heterocycles. The highest BCUT2D eigenvalue weighted by molar-refractivity contribution is 7.80. The van der Waals surface area contributed by atoms with E-state index in [1.165, 1.54) is 32.1 Å². The van der Waals surface area contributed by atoms with Crippen LogP contribution in [0.4, 0.5) is 0 Å². The van der Waals surface area contributed by atoms with Crippen LogP contribution in [0.2, 0.25) is 5.02 Å². The fourth-order valence-electron chi connectivity index (χ4n) is 3.21. The lowest BCUT2D eigenvalue weighted by atomic mass is 9.96. The molecule has 0 radical (unpaired) electrons. The topological polar surface area (TPSA) is 41.9 Å². The van der Waals surface area contributed by atoms with E-state index in [4.69, 9.17) is 23.8 Å². The Morgan fingerprint density at radius 1 is 1.25 bits per heavy atom. The summed E-state index contributed by atoms with van der Waals surface area (Å²) in [7, 11) is 1.99. The first kappa shape index (κ1) is 17.2. The Bertz CT molecular complexity index is 677. The van der Waals surface area contributed by atoms with E-state index in [9.17, 15) is 0 Å². The molecule has 1 aliphatic carbocycles. The third-order valence-electron chi connectivity index (χ3n) is 4.54. The van der Waals surface area contributed by atoms with Crippen LogP contribution in [0, 0.1) is 0 Å². The zero-order chi connectivity index (χ0) is 16.9. The lowest BCUT2D eigenvalue weighted by Gasteiger charge is -2.27. The van der Waals surface area contributed by atoms with Crippen molar-refractivity contribution in [3.8, 4) is 0 Å². The lowest BCUT2D eigenvalue weighted by molar-refractivity contribution is 0.411. The van der Waals surface area contributed by atoms with Crippen molar-refractivity contribution < 1.29 is 0 Å². The summed E-state index contributed by atoms with van der Waals surface area (Å²) in [6.07, 6.45) is 10.0. The van der Waals surface area contributed by atoms with Crippen LogP contribution in [0.5, 0.6) is 0 Å². The number of hydrogen-bond acceptors (Lipinski definition) is 2. The smallest absolute Gasteiger partial charge is 0.167 e. The SMILES string of the molecule is Cn1ccnc1[C@@H](NC(=S)NC1CCCCC1)c1ccc(Cl)cc1. The molecule has 3 rings (SSSR count). The molecular formula is C18H23ClN4S. The van der Waals surface area contributed by atoms with Crippen LogP contribution in [0.25, 0.3) is 0 Å². The maximum atomic E-state index is 6.03. The van der Waals surface area contributed by atoms with Crippen LogP contribution in [0.15, 0.2) is 36.7 Å². The van der Waals surface area contributed by atoms with Gasteiger partial charge in [-0.3, -0.25) is 0 Å². The second-order valence-corrected chi connectivity index (χ2v) is 7.18. The molecule has 1 aromatic carbocycles. The molecule has 1 atom stereocenters. The number of thiocarbonyl (C=S) groups is 1. The molecule has 0 unspecified atom stereocenters. The molecule has 0 saturated heterocycles. The number of aryl methyl sites for hydroxylation is 1. The molecule has 128 valence electrons. The van der Waals surface area contributed by atoms with Crippen molar-refractivity contribution in [1.29, 1.82) is 0 Å². The molecule has 0 amide bonds. The largest absolute Gasteiger partial charge is 0.360 e. The van der Waals surface area contributed by atoms with Gasteiger partial charge in [-0.2, -0.15) is 0 Å². The molecule has 4 nitrogen and oxygen atoms in total. The number of nitrogens with one attached hydrogen (secondary N) is 2. The number of aromatic nitrogens is 2. The standard InChI is InChI=1S/C18H23ClN4S/c1-23-12-11-20-17(23)16(13-7-9-14(19)10-8-13)22-18(24)21-15-5-3-2-4-6-15/h7-12,15-16H,2-6H2,1H3,(H2,21,22,24)/t16-/m0/s1. The molecule has 1 fully saturated rings. The van der Waals surface area contributed by atoms with Crippen molar-refractivity contribution in [2.75, 3.05) is 0 Å². The minimum Gasteiger partial charge on any atom is -0.360 e. The van der Waals surface area contributed by atoms with Crippen molar-refractivity contribution in [1.82, 2.24) is 20.2 Å². The third-order valence-corrected chi connectivity index (χ3v) is 5.02. The fourth-order valence-corrected chi connectivity index (χ4v) is 3.62. The Morgan fingerprint density at radius 3 is 2.58 bits per heavy atom. The predicted molar refractivity (Wildman–Crippen MR) is 102 cm³/mol. The molecule has 1 heterocycles. The normalized spacial score (nSPS) is 16.6. The minimum absolute atomic E-state index is 0.106. The van der Waals surface area contributed by atoms with Crippen molar-refractivity contribution in [3.05, 3.63) is 53.1 Å². The monoisotopic (exact) mass is 362 g/mol. The first-order valence-electron chi connectivity index (χ1n) is 8.43. The lowest BCUT2D eigenvalue weighted by Crippen LogP contribution is -2.44. The van der Waals surface area contributed by atoms with Gasteiger partial charge in [0.15, 0.2) is 5.11 Å². The summed E-state index contributed by atoms with van der Waals surface area (Å²) in [5, 5.41) is 8.31. The van der Waals surface area contributed by atoms with Crippen LogP contribution in [-0.2, 0) is 7.05 Å². The van der Waals surface area contributed by atoms with E-state index in [0.29, 0.717) is 11.2 Å². The molecule has 1 saturated carbocycles. The molecule has 2 aromatic rings. The Morgan fingerprint density at radius 2 is 1.96 bits per heavy atom. The summed E-state index contributed by atoms with van der Waals surface area (Å²) in [6, 6.07) is 8.19. The van der Waals surface area contributed by atoms with E-state index >= 15 is 0 Å². The number of halogens is 1. The summed E-state index contributed by atoms with van der Waals surface area (Å²) in [5.41, 5.74) is 1.08. The summed E-state index contributed by atoms with van der Waals surface area (Å²) in [5.74, 6) is 0.921. The molecule has 0 bridgehead atoms. The number of rotatable bonds is 4. The van der Waals surface area contributed by atoms with Crippen molar-refractivity contribution in [2.24, 2.45) is 7.05 Å².